The molecule has 0 aliphatic rings. The average molecular weight is 514 g/mol. The van der Waals surface area contributed by atoms with Crippen LogP contribution in [0.2, 0.25) is 0 Å². The van der Waals surface area contributed by atoms with E-state index < -0.39 is 9.84 Å². The normalized spacial score (nSPS) is 11.5. The summed E-state index contributed by atoms with van der Waals surface area (Å²) in [6.45, 7) is 0.840. The lowest BCUT2D eigenvalue weighted by Crippen LogP contribution is -2.21. The van der Waals surface area contributed by atoms with Crippen molar-refractivity contribution in [2.24, 2.45) is 0 Å². The third-order valence-electron chi connectivity index (χ3n) is 5.75. The molecule has 0 atom stereocenters. The molecule has 0 saturated heterocycles. The van der Waals surface area contributed by atoms with Gasteiger partial charge in [-0.3, -0.25) is 4.98 Å². The van der Waals surface area contributed by atoms with E-state index in [-0.39, 0.29) is 5.75 Å². The Labute approximate surface area is 216 Å². The highest BCUT2D eigenvalue weighted by Crippen LogP contribution is 2.31. The molecular weight excluding hydrogens is 486 g/mol. The number of ether oxygens (including phenoxy) is 1. The maximum atomic E-state index is 11.3. The Morgan fingerprint density at radius 3 is 2.46 bits per heavy atom. The second-order valence-corrected chi connectivity index (χ2v) is 11.0. The van der Waals surface area contributed by atoms with E-state index in [1.165, 1.54) is 6.26 Å². The van der Waals surface area contributed by atoms with Crippen LogP contribution < -0.4 is 15.4 Å². The van der Waals surface area contributed by atoms with Crippen molar-refractivity contribution in [1.29, 1.82) is 0 Å². The summed E-state index contributed by atoms with van der Waals surface area (Å²) in [4.78, 5) is 4.50. The number of nitrogens with one attached hydrogen (secondary N) is 2. The first kappa shape index (κ1) is 24.5. The lowest BCUT2D eigenvalue weighted by molar-refractivity contribution is 0.483. The van der Waals surface area contributed by atoms with Crippen LogP contribution in [0.1, 0.15) is 5.76 Å². The molecule has 5 rings (SSSR count). The number of hydrogen-bond acceptors (Lipinski definition) is 7. The summed E-state index contributed by atoms with van der Waals surface area (Å²) in [6.07, 6.45) is 3.01. The molecule has 5 aromatic rings. The fourth-order valence-corrected chi connectivity index (χ4v) is 4.41. The van der Waals surface area contributed by atoms with Crippen LogP contribution in [0.15, 0.2) is 102 Å². The van der Waals surface area contributed by atoms with Crippen LogP contribution >= 0.6 is 0 Å². The van der Waals surface area contributed by atoms with Crippen LogP contribution in [0.25, 0.3) is 22.2 Å². The summed E-state index contributed by atoms with van der Waals surface area (Å²) in [5, 5.41) is 7.55. The molecule has 37 heavy (non-hydrogen) atoms. The van der Waals surface area contributed by atoms with Gasteiger partial charge < -0.3 is 19.8 Å². The summed E-state index contributed by atoms with van der Waals surface area (Å²) >= 11 is 0. The molecule has 0 unspecified atom stereocenters. The van der Waals surface area contributed by atoms with Crippen molar-refractivity contribution in [3.05, 3.63) is 103 Å². The summed E-state index contributed by atoms with van der Waals surface area (Å²) in [5.41, 5.74) is 3.65. The van der Waals surface area contributed by atoms with E-state index in [1.807, 2.05) is 84.9 Å². The number of aromatic nitrogens is 1. The number of rotatable bonds is 10. The van der Waals surface area contributed by atoms with Gasteiger partial charge in [-0.25, -0.2) is 8.42 Å². The first-order valence-electron chi connectivity index (χ1n) is 11.9. The van der Waals surface area contributed by atoms with Gasteiger partial charge in [0.05, 0.1) is 17.8 Å². The number of hydrogen-bond donors (Lipinski definition) is 2. The van der Waals surface area contributed by atoms with Crippen LogP contribution in [0.4, 0.5) is 11.4 Å². The molecule has 2 N–H and O–H groups in total. The predicted octanol–water partition coefficient (Wildman–Crippen LogP) is 6.16. The Morgan fingerprint density at radius 2 is 1.68 bits per heavy atom. The van der Waals surface area contributed by atoms with Crippen molar-refractivity contribution >= 4 is 32.1 Å². The number of fused-ring (bicyclic) bond motifs is 1. The van der Waals surface area contributed by atoms with E-state index >= 15 is 0 Å². The molecule has 188 valence electrons. The van der Waals surface area contributed by atoms with E-state index in [9.17, 15) is 8.42 Å². The molecule has 2 heterocycles. The molecule has 8 heteroatoms. The number of benzene rings is 3. The summed E-state index contributed by atoms with van der Waals surface area (Å²) in [6, 6.07) is 29.3. The number of para-hydroxylation sites is 1. The van der Waals surface area contributed by atoms with Gasteiger partial charge in [0.25, 0.3) is 0 Å². The van der Waals surface area contributed by atoms with E-state index in [4.69, 9.17) is 9.15 Å². The van der Waals surface area contributed by atoms with Gasteiger partial charge in [-0.05, 0) is 72.8 Å². The smallest absolute Gasteiger partial charge is 0.148 e. The molecular formula is C29H27N3O4S. The molecule has 0 bridgehead atoms. The highest BCUT2D eigenvalue weighted by molar-refractivity contribution is 7.90. The lowest BCUT2D eigenvalue weighted by Gasteiger charge is -2.11. The molecule has 7 nitrogen and oxygen atoms in total. The molecule has 0 radical (unpaired) electrons. The number of furan rings is 1. The van der Waals surface area contributed by atoms with Gasteiger partial charge in [0.2, 0.25) is 0 Å². The summed E-state index contributed by atoms with van der Waals surface area (Å²) in [7, 11) is -2.99. The standard InChI is InChI=1S/C29H27N3O4S/c1-37(33,34)18-17-30-20-25-12-14-29(36-25)21-7-13-27-26(19-21)28(15-16-31-27)32-22-8-10-24(11-9-22)35-23-5-3-2-4-6-23/h2-16,19,30H,17-18,20H2,1H3,(H,31,32). The topological polar surface area (TPSA) is 93.5 Å². The Balaban J connectivity index is 1.30. The lowest BCUT2D eigenvalue weighted by atomic mass is 10.1. The van der Waals surface area contributed by atoms with Crippen molar-refractivity contribution in [2.45, 2.75) is 6.54 Å². The van der Waals surface area contributed by atoms with Gasteiger partial charge in [-0.1, -0.05) is 18.2 Å². The van der Waals surface area contributed by atoms with Crippen LogP contribution in [0.3, 0.4) is 0 Å². The van der Waals surface area contributed by atoms with Crippen molar-refractivity contribution in [1.82, 2.24) is 10.3 Å². The quantitative estimate of drug-likeness (QED) is 0.216. The Hall–Kier alpha value is -4.14. The van der Waals surface area contributed by atoms with Gasteiger partial charge in [-0.2, -0.15) is 0 Å². The van der Waals surface area contributed by atoms with Crippen molar-refractivity contribution in [3.8, 4) is 22.8 Å². The minimum absolute atomic E-state index is 0.0940. The molecule has 2 aromatic heterocycles. The van der Waals surface area contributed by atoms with Crippen molar-refractivity contribution < 1.29 is 17.6 Å². The largest absolute Gasteiger partial charge is 0.460 e. The maximum absolute atomic E-state index is 11.3. The number of pyridine rings is 1. The van der Waals surface area contributed by atoms with E-state index in [0.717, 1.165) is 50.9 Å². The zero-order valence-electron chi connectivity index (χ0n) is 20.3. The van der Waals surface area contributed by atoms with Gasteiger partial charge in [-0.15, -0.1) is 0 Å². The van der Waals surface area contributed by atoms with E-state index in [1.54, 1.807) is 6.20 Å². The van der Waals surface area contributed by atoms with Crippen molar-refractivity contribution in [2.75, 3.05) is 23.9 Å². The summed E-state index contributed by atoms with van der Waals surface area (Å²) in [5.74, 6) is 3.13. The molecule has 0 spiro atoms. The molecule has 0 aliphatic carbocycles. The molecule has 3 aromatic carbocycles. The van der Waals surface area contributed by atoms with E-state index in [2.05, 4.69) is 21.7 Å². The zero-order valence-corrected chi connectivity index (χ0v) is 21.2. The van der Waals surface area contributed by atoms with Crippen LogP contribution in [-0.4, -0.2) is 32.0 Å². The number of sulfone groups is 1. The molecule has 0 aliphatic heterocycles. The predicted molar refractivity (Wildman–Crippen MR) is 147 cm³/mol. The Kier molecular flexibility index (Phi) is 7.20. The minimum atomic E-state index is -2.99. The first-order valence-corrected chi connectivity index (χ1v) is 14.0. The van der Waals surface area contributed by atoms with Crippen LogP contribution in [0, 0.1) is 0 Å². The molecule has 0 saturated carbocycles. The Bertz CT molecular complexity index is 1600. The molecule has 0 amide bonds. The Morgan fingerprint density at radius 1 is 0.892 bits per heavy atom. The first-order chi connectivity index (χ1) is 17.9. The molecule has 0 fully saturated rings. The van der Waals surface area contributed by atoms with Crippen molar-refractivity contribution in [3.63, 3.8) is 0 Å². The minimum Gasteiger partial charge on any atom is -0.460 e. The summed E-state index contributed by atoms with van der Waals surface area (Å²) < 4.78 is 34.5. The zero-order chi connectivity index (χ0) is 25.7. The third kappa shape index (κ3) is 6.55. The highest BCUT2D eigenvalue weighted by atomic mass is 32.2. The fourth-order valence-electron chi connectivity index (χ4n) is 3.89. The number of anilines is 2. The van der Waals surface area contributed by atoms with Gasteiger partial charge in [0.15, 0.2) is 0 Å². The highest BCUT2D eigenvalue weighted by Gasteiger charge is 2.10. The second-order valence-electron chi connectivity index (χ2n) is 8.73. The van der Waals surface area contributed by atoms with Gasteiger partial charge in [0.1, 0.15) is 32.9 Å². The number of nitrogens with zero attached hydrogens (tertiary/aromatic N) is 1. The third-order valence-corrected chi connectivity index (χ3v) is 6.69. The maximum Gasteiger partial charge on any atom is 0.148 e. The van der Waals surface area contributed by atoms with Gasteiger partial charge in [0, 0.05) is 41.3 Å². The monoisotopic (exact) mass is 513 g/mol. The second kappa shape index (κ2) is 10.9. The van der Waals surface area contributed by atoms with Gasteiger partial charge >= 0.3 is 0 Å². The van der Waals surface area contributed by atoms with E-state index in [0.29, 0.717) is 13.1 Å². The van der Waals surface area contributed by atoms with Crippen LogP contribution in [-0.2, 0) is 16.4 Å². The fraction of sp³-hybridized carbons (Fsp3) is 0.138. The average Bonchev–Trinajstić information content (AvgIpc) is 3.37. The van der Waals surface area contributed by atoms with Crippen LogP contribution in [0.5, 0.6) is 11.5 Å². The SMILES string of the molecule is CS(=O)(=O)CCNCc1ccc(-c2ccc3nccc(Nc4ccc(Oc5ccccc5)cc4)c3c2)o1.